The molecular formula is C26H29ClF5N3O6S. The lowest BCUT2D eigenvalue weighted by Gasteiger charge is -2.35. The Morgan fingerprint density at radius 2 is 1.83 bits per heavy atom. The van der Waals surface area contributed by atoms with Crippen molar-refractivity contribution in [1.82, 2.24) is 15.1 Å². The number of aliphatic hydroxyl groups is 1. The predicted molar refractivity (Wildman–Crippen MR) is 141 cm³/mol. The lowest BCUT2D eigenvalue weighted by molar-refractivity contribution is -0.171. The Morgan fingerprint density at radius 1 is 1.21 bits per heavy atom. The van der Waals surface area contributed by atoms with E-state index in [-0.39, 0.29) is 60.7 Å². The average molecular weight is 642 g/mol. The number of rotatable bonds is 10. The third-order valence-electron chi connectivity index (χ3n) is 7.90. The summed E-state index contributed by atoms with van der Waals surface area (Å²) in [4.78, 5) is 25.8. The van der Waals surface area contributed by atoms with Crippen LogP contribution in [0, 0.1) is 5.41 Å². The van der Waals surface area contributed by atoms with Gasteiger partial charge in [-0.25, -0.2) is 8.42 Å². The van der Waals surface area contributed by atoms with E-state index in [1.807, 2.05) is 0 Å². The van der Waals surface area contributed by atoms with Crippen LogP contribution >= 0.6 is 11.6 Å². The minimum Gasteiger partial charge on any atom is -0.434 e. The molecule has 0 spiro atoms. The van der Waals surface area contributed by atoms with E-state index in [4.69, 9.17) is 11.6 Å². The van der Waals surface area contributed by atoms with Gasteiger partial charge < -0.3 is 15.2 Å². The summed E-state index contributed by atoms with van der Waals surface area (Å²) in [5.41, 5.74) is -4.92. The van der Waals surface area contributed by atoms with Crippen LogP contribution in [0.3, 0.4) is 0 Å². The van der Waals surface area contributed by atoms with Gasteiger partial charge in [-0.3, -0.25) is 14.3 Å². The molecule has 1 aromatic heterocycles. The van der Waals surface area contributed by atoms with Gasteiger partial charge in [-0.2, -0.15) is 27.1 Å². The van der Waals surface area contributed by atoms with Gasteiger partial charge in [0.2, 0.25) is 0 Å². The summed E-state index contributed by atoms with van der Waals surface area (Å²) in [6.45, 7) is -1.93. The van der Waals surface area contributed by atoms with Crippen molar-refractivity contribution in [3.8, 4) is 17.0 Å². The molecule has 4 rings (SSSR count). The zero-order chi connectivity index (χ0) is 31.3. The summed E-state index contributed by atoms with van der Waals surface area (Å²) in [5.74, 6) is -2.70. The molecule has 16 heteroatoms. The van der Waals surface area contributed by atoms with Gasteiger partial charge in [0.25, 0.3) is 5.91 Å². The molecule has 2 N–H and O–H groups in total. The first kappa shape index (κ1) is 32.1. The number of ether oxygens (including phenoxy) is 1. The summed E-state index contributed by atoms with van der Waals surface area (Å²) in [5, 5.41) is 16.7. The normalized spacial score (nSPS) is 22.2. The van der Waals surface area contributed by atoms with E-state index in [2.05, 4.69) is 15.2 Å². The van der Waals surface area contributed by atoms with Gasteiger partial charge in [0.1, 0.15) is 21.0 Å². The number of halogens is 6. The summed E-state index contributed by atoms with van der Waals surface area (Å²) in [6.07, 6.45) is -3.82. The van der Waals surface area contributed by atoms with Crippen molar-refractivity contribution in [2.75, 3.05) is 12.8 Å². The highest BCUT2D eigenvalue weighted by Gasteiger charge is 2.68. The summed E-state index contributed by atoms with van der Waals surface area (Å²) < 4.78 is 96.6. The fourth-order valence-corrected chi connectivity index (χ4v) is 6.64. The monoisotopic (exact) mass is 641 g/mol. The van der Waals surface area contributed by atoms with Crippen molar-refractivity contribution in [1.29, 1.82) is 0 Å². The van der Waals surface area contributed by atoms with E-state index in [9.17, 15) is 45.1 Å². The molecule has 0 aliphatic heterocycles. The van der Waals surface area contributed by atoms with Crippen molar-refractivity contribution >= 4 is 33.1 Å². The fourth-order valence-electron chi connectivity index (χ4n) is 5.23. The molecule has 0 radical (unpaired) electrons. The Kier molecular flexibility index (Phi) is 8.71. The molecule has 1 aromatic carbocycles. The van der Waals surface area contributed by atoms with Gasteiger partial charge in [0.15, 0.2) is 11.5 Å². The van der Waals surface area contributed by atoms with Crippen molar-refractivity contribution in [3.05, 3.63) is 34.5 Å². The van der Waals surface area contributed by atoms with Crippen LogP contribution in [0.15, 0.2) is 18.2 Å². The summed E-state index contributed by atoms with van der Waals surface area (Å²) >= 11 is 6.48. The van der Waals surface area contributed by atoms with E-state index in [1.54, 1.807) is 6.92 Å². The molecule has 0 saturated heterocycles. The van der Waals surface area contributed by atoms with Gasteiger partial charge in [0, 0.05) is 30.5 Å². The number of nitrogens with one attached hydrogen (secondary N) is 1. The zero-order valence-electron chi connectivity index (χ0n) is 22.6. The standard InChI is InChI=1S/C26H29ClF5N3O6S/c1-3-35-20(16-5-4-14(12-17(16)41-23(28)29)21(36)25(10-11-25)26(30,31)32)18(27)19(34-35)22(37)33-13-24(38)8-6-15(7-9-24)42(2,39)40/h4-5,12,15,23,38H,3,6-11,13H2,1-2H3,(H,33,37). The third-order valence-corrected chi connectivity index (χ3v) is 9.94. The minimum atomic E-state index is -4.81. The van der Waals surface area contributed by atoms with E-state index in [1.165, 1.54) is 4.68 Å². The van der Waals surface area contributed by atoms with Crippen LogP contribution < -0.4 is 10.1 Å². The number of hydrogen-bond donors (Lipinski definition) is 2. The fraction of sp³-hybridized carbons (Fsp3) is 0.577. The summed E-state index contributed by atoms with van der Waals surface area (Å²) in [7, 11) is -3.27. The van der Waals surface area contributed by atoms with Gasteiger partial charge >= 0.3 is 12.8 Å². The second-order valence-electron chi connectivity index (χ2n) is 10.8. The Hall–Kier alpha value is -2.78. The lowest BCUT2D eigenvalue weighted by Crippen LogP contribution is -2.47. The van der Waals surface area contributed by atoms with Crippen LogP contribution in [0.5, 0.6) is 5.75 Å². The average Bonchev–Trinajstić information content (AvgIpc) is 3.65. The lowest BCUT2D eigenvalue weighted by atomic mass is 9.84. The van der Waals surface area contributed by atoms with Gasteiger partial charge in [0.05, 0.1) is 21.6 Å². The number of sulfone groups is 1. The van der Waals surface area contributed by atoms with Crippen LogP contribution in [-0.4, -0.2) is 71.4 Å². The van der Waals surface area contributed by atoms with Crippen LogP contribution in [0.4, 0.5) is 22.0 Å². The Balaban J connectivity index is 1.61. The minimum absolute atomic E-state index is 0.0525. The zero-order valence-corrected chi connectivity index (χ0v) is 24.2. The summed E-state index contributed by atoms with van der Waals surface area (Å²) in [6, 6.07) is 2.95. The SMILES string of the molecule is CCn1nc(C(=O)NCC2(O)CCC(S(C)(=O)=O)CC2)c(Cl)c1-c1ccc(C(=O)C2(C(F)(F)F)CC2)cc1OC(F)F. The Morgan fingerprint density at radius 3 is 2.33 bits per heavy atom. The molecule has 42 heavy (non-hydrogen) atoms. The van der Waals surface area contributed by atoms with Crippen LogP contribution in [0.1, 0.15) is 66.3 Å². The highest BCUT2D eigenvalue weighted by Crippen LogP contribution is 2.59. The van der Waals surface area contributed by atoms with Crippen LogP contribution in [0.25, 0.3) is 11.3 Å². The molecule has 2 fully saturated rings. The van der Waals surface area contributed by atoms with E-state index in [0.29, 0.717) is 0 Å². The molecule has 2 aromatic rings. The first-order valence-corrected chi connectivity index (χ1v) is 15.4. The molecule has 0 atom stereocenters. The number of carbonyl (C=O) groups excluding carboxylic acids is 2. The number of aromatic nitrogens is 2. The second kappa shape index (κ2) is 11.4. The number of nitrogens with zero attached hydrogens (tertiary/aromatic N) is 2. The predicted octanol–water partition coefficient (Wildman–Crippen LogP) is 4.80. The number of amides is 1. The Bertz CT molecular complexity index is 1480. The third kappa shape index (κ3) is 6.27. The van der Waals surface area contributed by atoms with Crippen LogP contribution in [0.2, 0.25) is 5.02 Å². The van der Waals surface area contributed by atoms with Crippen molar-refractivity contribution in [3.63, 3.8) is 0 Å². The van der Waals surface area contributed by atoms with Gasteiger partial charge in [-0.15, -0.1) is 0 Å². The quantitative estimate of drug-likeness (QED) is 0.282. The van der Waals surface area contributed by atoms with Crippen molar-refractivity contribution < 1.29 is 49.8 Å². The van der Waals surface area contributed by atoms with E-state index >= 15 is 0 Å². The molecule has 2 aliphatic carbocycles. The smallest absolute Gasteiger partial charge is 0.401 e. The number of carbonyl (C=O) groups is 2. The number of alkyl halides is 5. The van der Waals surface area contributed by atoms with Crippen molar-refractivity contribution in [2.24, 2.45) is 5.41 Å². The highest BCUT2D eigenvalue weighted by molar-refractivity contribution is 7.91. The second-order valence-corrected chi connectivity index (χ2v) is 13.5. The maximum atomic E-state index is 13.5. The molecular weight excluding hydrogens is 613 g/mol. The van der Waals surface area contributed by atoms with Crippen LogP contribution in [-0.2, 0) is 16.4 Å². The van der Waals surface area contributed by atoms with Gasteiger partial charge in [-0.05, 0) is 57.6 Å². The maximum absolute atomic E-state index is 13.5. The first-order chi connectivity index (χ1) is 19.4. The van der Waals surface area contributed by atoms with E-state index < -0.39 is 74.7 Å². The first-order valence-electron chi connectivity index (χ1n) is 13.1. The maximum Gasteiger partial charge on any atom is 0.401 e. The number of ketones is 1. The Labute approximate surface area is 243 Å². The van der Waals surface area contributed by atoms with Crippen molar-refractivity contribution in [2.45, 2.75) is 75.6 Å². The molecule has 232 valence electrons. The molecule has 1 heterocycles. The highest BCUT2D eigenvalue weighted by atomic mass is 35.5. The molecule has 9 nitrogen and oxygen atoms in total. The topological polar surface area (TPSA) is 128 Å². The van der Waals surface area contributed by atoms with E-state index in [0.717, 1.165) is 24.5 Å². The largest absolute Gasteiger partial charge is 0.434 e. The molecule has 0 unspecified atom stereocenters. The van der Waals surface area contributed by atoms with Gasteiger partial charge in [-0.1, -0.05) is 17.7 Å². The number of hydrogen-bond acceptors (Lipinski definition) is 7. The molecule has 2 aliphatic rings. The molecule has 1 amide bonds. The number of Topliss-reactive ketones (excluding diaryl/α,β-unsaturated/α-hetero) is 1. The molecule has 0 bridgehead atoms. The molecule has 2 saturated carbocycles. The number of benzene rings is 1. The number of aryl methyl sites for hydroxylation is 1.